The molecule has 1 amide bonds. The van der Waals surface area contributed by atoms with E-state index in [4.69, 9.17) is 21.1 Å². The Kier molecular flexibility index (Phi) is 7.06. The molecule has 3 aromatic rings. The van der Waals surface area contributed by atoms with E-state index in [1.54, 1.807) is 35.2 Å². The van der Waals surface area contributed by atoms with Gasteiger partial charge in [-0.2, -0.15) is 8.42 Å². The summed E-state index contributed by atoms with van der Waals surface area (Å²) in [5.74, 6) is 0.0983. The SMILES string of the molecule is COc1cc(/C=C2/SC(=S)N(Cc3ccccc3)C2=O)ccc1OS(=O)(=O)c1ccc(C)cc1. The van der Waals surface area contributed by atoms with Gasteiger partial charge in [-0.15, -0.1) is 0 Å². The van der Waals surface area contributed by atoms with Gasteiger partial charge in [0, 0.05) is 0 Å². The Morgan fingerprint density at radius 2 is 1.71 bits per heavy atom. The monoisotopic (exact) mass is 511 g/mol. The first-order valence-electron chi connectivity index (χ1n) is 10.3. The topological polar surface area (TPSA) is 72.9 Å². The maximum absolute atomic E-state index is 12.9. The van der Waals surface area contributed by atoms with Crippen LogP contribution >= 0.6 is 24.0 Å². The van der Waals surface area contributed by atoms with E-state index < -0.39 is 10.1 Å². The summed E-state index contributed by atoms with van der Waals surface area (Å²) >= 11 is 6.63. The molecule has 0 bridgehead atoms. The van der Waals surface area contributed by atoms with Crippen LogP contribution in [0.4, 0.5) is 0 Å². The lowest BCUT2D eigenvalue weighted by Gasteiger charge is -2.14. The van der Waals surface area contributed by atoms with Crippen molar-refractivity contribution < 1.29 is 22.1 Å². The molecule has 0 aromatic heterocycles. The molecule has 0 spiro atoms. The van der Waals surface area contributed by atoms with Crippen LogP contribution in [0.2, 0.25) is 0 Å². The van der Waals surface area contributed by atoms with Crippen LogP contribution < -0.4 is 8.92 Å². The van der Waals surface area contributed by atoms with Gasteiger partial charge in [-0.3, -0.25) is 9.69 Å². The Morgan fingerprint density at radius 3 is 2.38 bits per heavy atom. The summed E-state index contributed by atoms with van der Waals surface area (Å²) in [6.07, 6.45) is 1.70. The zero-order valence-corrected chi connectivity index (χ0v) is 20.9. The van der Waals surface area contributed by atoms with Crippen LogP contribution in [0.3, 0.4) is 0 Å². The molecule has 1 aliphatic heterocycles. The van der Waals surface area contributed by atoms with Crippen molar-refractivity contribution >= 4 is 50.4 Å². The smallest absolute Gasteiger partial charge is 0.339 e. The van der Waals surface area contributed by atoms with E-state index in [-0.39, 0.29) is 22.3 Å². The van der Waals surface area contributed by atoms with Gasteiger partial charge < -0.3 is 8.92 Å². The summed E-state index contributed by atoms with van der Waals surface area (Å²) < 4.78 is 36.5. The number of hydrogen-bond donors (Lipinski definition) is 0. The Hall–Kier alpha value is -3.14. The number of thiocarbonyl (C=S) groups is 1. The maximum Gasteiger partial charge on any atom is 0.339 e. The first-order valence-corrected chi connectivity index (χ1v) is 12.9. The van der Waals surface area contributed by atoms with Crippen molar-refractivity contribution in [1.29, 1.82) is 0 Å². The Balaban J connectivity index is 1.55. The minimum absolute atomic E-state index is 0.0475. The maximum atomic E-state index is 12.9. The van der Waals surface area contributed by atoms with Gasteiger partial charge in [0.2, 0.25) is 0 Å². The van der Waals surface area contributed by atoms with E-state index >= 15 is 0 Å². The second-order valence-electron chi connectivity index (χ2n) is 7.51. The molecule has 174 valence electrons. The van der Waals surface area contributed by atoms with Crippen molar-refractivity contribution in [1.82, 2.24) is 4.90 Å². The standard InChI is InChI=1S/C25H21NO5S3/c1-17-8-11-20(12-9-17)34(28,29)31-21-13-10-19(14-22(21)30-2)15-23-24(27)26(25(32)33-23)16-18-6-4-3-5-7-18/h3-15H,16H2,1-2H3/b23-15+. The fourth-order valence-corrected chi connectivity index (χ4v) is 5.46. The lowest BCUT2D eigenvalue weighted by Crippen LogP contribution is -2.27. The zero-order chi connectivity index (χ0) is 24.3. The van der Waals surface area contributed by atoms with E-state index in [2.05, 4.69) is 0 Å². The fraction of sp³-hybridized carbons (Fsp3) is 0.120. The van der Waals surface area contributed by atoms with Crippen LogP contribution in [0, 0.1) is 6.92 Å². The Morgan fingerprint density at radius 1 is 1.00 bits per heavy atom. The van der Waals surface area contributed by atoms with Crippen molar-refractivity contribution in [2.75, 3.05) is 7.11 Å². The molecule has 9 heteroatoms. The number of methoxy groups -OCH3 is 1. The summed E-state index contributed by atoms with van der Waals surface area (Å²) in [5.41, 5.74) is 2.57. The number of ether oxygens (including phenoxy) is 1. The van der Waals surface area contributed by atoms with Crippen molar-refractivity contribution in [3.63, 3.8) is 0 Å². The van der Waals surface area contributed by atoms with Gasteiger partial charge in [-0.05, 0) is 48.4 Å². The highest BCUT2D eigenvalue weighted by Gasteiger charge is 2.32. The molecule has 3 aromatic carbocycles. The number of thioether (sulfide) groups is 1. The van der Waals surface area contributed by atoms with E-state index in [0.29, 0.717) is 21.3 Å². The van der Waals surface area contributed by atoms with Crippen molar-refractivity contribution in [3.8, 4) is 11.5 Å². The van der Waals surface area contributed by atoms with Gasteiger partial charge in [0.15, 0.2) is 11.5 Å². The molecule has 0 N–H and O–H groups in total. The first kappa shape index (κ1) is 24.0. The molecular formula is C25H21NO5S3. The van der Waals surface area contributed by atoms with E-state index in [9.17, 15) is 13.2 Å². The number of nitrogens with zero attached hydrogens (tertiary/aromatic N) is 1. The van der Waals surface area contributed by atoms with Gasteiger partial charge >= 0.3 is 10.1 Å². The lowest BCUT2D eigenvalue weighted by atomic mass is 10.1. The minimum atomic E-state index is -4.03. The number of carbonyl (C=O) groups is 1. The molecule has 0 radical (unpaired) electrons. The molecule has 1 fully saturated rings. The molecule has 1 saturated heterocycles. The molecule has 0 saturated carbocycles. The minimum Gasteiger partial charge on any atom is -0.493 e. The Bertz CT molecular complexity index is 1370. The fourth-order valence-electron chi connectivity index (χ4n) is 3.27. The van der Waals surface area contributed by atoms with E-state index in [0.717, 1.165) is 11.1 Å². The molecule has 0 atom stereocenters. The average Bonchev–Trinajstić information content (AvgIpc) is 3.08. The third-order valence-electron chi connectivity index (χ3n) is 5.05. The quantitative estimate of drug-likeness (QED) is 0.246. The largest absolute Gasteiger partial charge is 0.493 e. The first-order chi connectivity index (χ1) is 16.3. The van der Waals surface area contributed by atoms with E-state index in [1.165, 1.54) is 37.1 Å². The summed E-state index contributed by atoms with van der Waals surface area (Å²) in [5, 5.41) is 0. The summed E-state index contributed by atoms with van der Waals surface area (Å²) in [6.45, 7) is 2.27. The van der Waals surface area contributed by atoms with Crippen LogP contribution in [-0.4, -0.2) is 30.7 Å². The van der Waals surface area contributed by atoms with Crippen LogP contribution in [0.5, 0.6) is 11.5 Å². The highest BCUT2D eigenvalue weighted by atomic mass is 32.2. The van der Waals surface area contributed by atoms with Crippen LogP contribution in [0.15, 0.2) is 82.6 Å². The van der Waals surface area contributed by atoms with Crippen LogP contribution in [0.25, 0.3) is 6.08 Å². The summed E-state index contributed by atoms with van der Waals surface area (Å²) in [6, 6.07) is 20.8. The van der Waals surface area contributed by atoms with E-state index in [1.807, 2.05) is 37.3 Å². The number of hydrogen-bond acceptors (Lipinski definition) is 7. The number of rotatable bonds is 7. The molecular weight excluding hydrogens is 490 g/mol. The highest BCUT2D eigenvalue weighted by molar-refractivity contribution is 8.26. The van der Waals surface area contributed by atoms with Gasteiger partial charge in [-0.25, -0.2) is 0 Å². The predicted molar refractivity (Wildman–Crippen MR) is 137 cm³/mol. The normalized spacial score (nSPS) is 15.1. The van der Waals surface area contributed by atoms with Gasteiger partial charge in [-0.1, -0.05) is 78.1 Å². The van der Waals surface area contributed by atoms with Crippen molar-refractivity contribution in [3.05, 3.63) is 94.4 Å². The molecule has 4 rings (SSSR count). The van der Waals surface area contributed by atoms with Gasteiger partial charge in [0.25, 0.3) is 5.91 Å². The van der Waals surface area contributed by atoms with Crippen molar-refractivity contribution in [2.45, 2.75) is 18.4 Å². The molecule has 6 nitrogen and oxygen atoms in total. The molecule has 1 heterocycles. The summed E-state index contributed by atoms with van der Waals surface area (Å²) in [7, 11) is -2.61. The number of carbonyl (C=O) groups excluding carboxylic acids is 1. The van der Waals surface area contributed by atoms with Crippen molar-refractivity contribution in [2.24, 2.45) is 0 Å². The second kappa shape index (κ2) is 10.0. The Labute approximate surface area is 208 Å². The average molecular weight is 512 g/mol. The number of benzene rings is 3. The number of aryl methyl sites for hydroxylation is 1. The second-order valence-corrected chi connectivity index (χ2v) is 10.7. The molecule has 0 aliphatic carbocycles. The van der Waals surface area contributed by atoms with Crippen LogP contribution in [-0.2, 0) is 21.5 Å². The molecule has 1 aliphatic rings. The van der Waals surface area contributed by atoms with Gasteiger partial charge in [0.1, 0.15) is 9.22 Å². The summed E-state index contributed by atoms with van der Waals surface area (Å²) in [4.78, 5) is 15.0. The van der Waals surface area contributed by atoms with Crippen LogP contribution in [0.1, 0.15) is 16.7 Å². The molecule has 0 unspecified atom stereocenters. The third kappa shape index (κ3) is 5.32. The highest BCUT2D eigenvalue weighted by Crippen LogP contribution is 2.36. The third-order valence-corrected chi connectivity index (χ3v) is 7.68. The number of amides is 1. The lowest BCUT2D eigenvalue weighted by molar-refractivity contribution is -0.122. The zero-order valence-electron chi connectivity index (χ0n) is 18.4. The van der Waals surface area contributed by atoms with Gasteiger partial charge in [0.05, 0.1) is 18.6 Å². The predicted octanol–water partition coefficient (Wildman–Crippen LogP) is 5.17. The molecule has 34 heavy (non-hydrogen) atoms.